The summed E-state index contributed by atoms with van der Waals surface area (Å²) in [6.45, 7) is 2.30. The maximum Gasteiger partial charge on any atom is 0.225 e. The molecule has 0 atom stereocenters. The van der Waals surface area contributed by atoms with Crippen LogP contribution in [0.1, 0.15) is 19.3 Å². The molecule has 1 saturated heterocycles. The zero-order valence-corrected chi connectivity index (χ0v) is 11.6. The topological polar surface area (TPSA) is 84.1 Å². The fourth-order valence-electron chi connectivity index (χ4n) is 1.92. The second kappa shape index (κ2) is 5.99. The standard InChI is InChI=1S/C11H16BrN5O/c12-8-7-9(13)16-11(15-8)14-4-3-10(18)17-5-1-2-6-17/h7H,1-6H2,(H3,13,14,15,16). The molecule has 0 bridgehead atoms. The number of nitrogen functional groups attached to an aromatic ring is 1. The Labute approximate surface area is 114 Å². The van der Waals surface area contributed by atoms with Crippen molar-refractivity contribution >= 4 is 33.6 Å². The van der Waals surface area contributed by atoms with Crippen LogP contribution in [0, 0.1) is 0 Å². The van der Waals surface area contributed by atoms with E-state index in [9.17, 15) is 4.79 Å². The number of nitrogens with one attached hydrogen (secondary N) is 1. The first-order valence-corrected chi connectivity index (χ1v) is 6.76. The number of hydrogen-bond acceptors (Lipinski definition) is 5. The Kier molecular flexibility index (Phi) is 4.35. The maximum atomic E-state index is 11.8. The van der Waals surface area contributed by atoms with Crippen LogP contribution < -0.4 is 11.1 Å². The summed E-state index contributed by atoms with van der Waals surface area (Å²) in [4.78, 5) is 21.8. The molecule has 6 nitrogen and oxygen atoms in total. The minimum absolute atomic E-state index is 0.183. The molecule has 0 radical (unpaired) electrons. The zero-order chi connectivity index (χ0) is 13.0. The van der Waals surface area contributed by atoms with Crippen LogP contribution in [0.5, 0.6) is 0 Å². The maximum absolute atomic E-state index is 11.8. The van der Waals surface area contributed by atoms with Gasteiger partial charge in [-0.25, -0.2) is 4.98 Å². The predicted molar refractivity (Wildman–Crippen MR) is 73.1 cm³/mol. The summed E-state index contributed by atoms with van der Waals surface area (Å²) in [5, 5.41) is 3.00. The molecule has 2 rings (SSSR count). The van der Waals surface area contributed by atoms with E-state index in [4.69, 9.17) is 5.73 Å². The van der Waals surface area contributed by atoms with Crippen LogP contribution in [0.3, 0.4) is 0 Å². The monoisotopic (exact) mass is 313 g/mol. The van der Waals surface area contributed by atoms with Gasteiger partial charge in [-0.15, -0.1) is 0 Å². The lowest BCUT2D eigenvalue weighted by Crippen LogP contribution is -2.29. The first-order chi connectivity index (χ1) is 8.65. The number of hydrogen-bond donors (Lipinski definition) is 2. The summed E-state index contributed by atoms with van der Waals surface area (Å²) in [7, 11) is 0. The van der Waals surface area contributed by atoms with Crippen LogP contribution >= 0.6 is 15.9 Å². The second-order valence-electron chi connectivity index (χ2n) is 4.20. The summed E-state index contributed by atoms with van der Waals surface area (Å²) in [5.74, 6) is 1.02. The Morgan fingerprint density at radius 3 is 2.83 bits per heavy atom. The van der Waals surface area contributed by atoms with E-state index >= 15 is 0 Å². The SMILES string of the molecule is Nc1cc(Br)nc(NCCC(=O)N2CCCC2)n1. The third kappa shape index (κ3) is 3.56. The first kappa shape index (κ1) is 13.1. The fourth-order valence-corrected chi connectivity index (χ4v) is 2.32. The van der Waals surface area contributed by atoms with Gasteiger partial charge in [-0.3, -0.25) is 4.79 Å². The molecule has 1 amide bonds. The minimum Gasteiger partial charge on any atom is -0.383 e. The number of carbonyl (C=O) groups is 1. The number of rotatable bonds is 4. The van der Waals surface area contributed by atoms with Gasteiger partial charge in [-0.05, 0) is 28.8 Å². The Hall–Kier alpha value is -1.37. The summed E-state index contributed by atoms with van der Waals surface area (Å²) in [6.07, 6.45) is 2.69. The highest BCUT2D eigenvalue weighted by Crippen LogP contribution is 2.12. The Bertz CT molecular complexity index is 413. The van der Waals surface area contributed by atoms with E-state index in [0.717, 1.165) is 25.9 Å². The van der Waals surface area contributed by atoms with Crippen LogP contribution in [0.15, 0.2) is 10.7 Å². The zero-order valence-electron chi connectivity index (χ0n) is 10.0. The molecular weight excluding hydrogens is 298 g/mol. The van der Waals surface area contributed by atoms with E-state index in [1.54, 1.807) is 6.07 Å². The van der Waals surface area contributed by atoms with Gasteiger partial charge in [0.15, 0.2) is 0 Å². The van der Waals surface area contributed by atoms with E-state index in [1.165, 1.54) is 0 Å². The molecule has 1 aliphatic heterocycles. The number of nitrogens with two attached hydrogens (primary N) is 1. The Morgan fingerprint density at radius 2 is 2.17 bits per heavy atom. The van der Waals surface area contributed by atoms with E-state index in [1.807, 2.05) is 4.90 Å². The number of likely N-dealkylation sites (tertiary alicyclic amines) is 1. The molecule has 0 aromatic carbocycles. The second-order valence-corrected chi connectivity index (χ2v) is 5.02. The molecular formula is C11H16BrN5O. The lowest BCUT2D eigenvalue weighted by molar-refractivity contribution is -0.129. The Balaban J connectivity index is 1.79. The van der Waals surface area contributed by atoms with Crippen molar-refractivity contribution in [1.29, 1.82) is 0 Å². The Morgan fingerprint density at radius 1 is 1.44 bits per heavy atom. The van der Waals surface area contributed by atoms with Gasteiger partial charge >= 0.3 is 0 Å². The molecule has 18 heavy (non-hydrogen) atoms. The van der Waals surface area contributed by atoms with Crippen LogP contribution in [-0.2, 0) is 4.79 Å². The van der Waals surface area contributed by atoms with E-state index in [-0.39, 0.29) is 5.91 Å². The molecule has 0 spiro atoms. The van der Waals surface area contributed by atoms with Gasteiger partial charge in [0, 0.05) is 32.1 Å². The summed E-state index contributed by atoms with van der Waals surface area (Å²) in [6, 6.07) is 1.63. The van der Waals surface area contributed by atoms with Gasteiger partial charge in [0.25, 0.3) is 0 Å². The van der Waals surface area contributed by atoms with Gasteiger partial charge in [0.2, 0.25) is 11.9 Å². The first-order valence-electron chi connectivity index (χ1n) is 5.97. The molecule has 0 aliphatic carbocycles. The summed E-state index contributed by atoms with van der Waals surface area (Å²) in [5.41, 5.74) is 5.59. The van der Waals surface area contributed by atoms with Crippen LogP contribution in [0.4, 0.5) is 11.8 Å². The van der Waals surface area contributed by atoms with Gasteiger partial charge < -0.3 is 16.0 Å². The quantitative estimate of drug-likeness (QED) is 0.817. The number of anilines is 2. The molecule has 3 N–H and O–H groups in total. The molecule has 7 heteroatoms. The molecule has 1 aromatic heterocycles. The predicted octanol–water partition coefficient (Wildman–Crippen LogP) is 1.25. The molecule has 0 unspecified atom stereocenters. The molecule has 0 saturated carbocycles. The third-order valence-electron chi connectivity index (χ3n) is 2.80. The summed E-state index contributed by atoms with van der Waals surface area (Å²) >= 11 is 3.24. The fraction of sp³-hybridized carbons (Fsp3) is 0.545. The van der Waals surface area contributed by atoms with E-state index in [2.05, 4.69) is 31.2 Å². The molecule has 1 aromatic rings. The van der Waals surface area contributed by atoms with Crippen molar-refractivity contribution in [1.82, 2.24) is 14.9 Å². The molecule has 98 valence electrons. The largest absolute Gasteiger partial charge is 0.383 e. The van der Waals surface area contributed by atoms with E-state index < -0.39 is 0 Å². The third-order valence-corrected chi connectivity index (χ3v) is 3.20. The van der Waals surface area contributed by atoms with Crippen molar-refractivity contribution in [3.8, 4) is 0 Å². The minimum atomic E-state index is 0.183. The number of halogens is 1. The van der Waals surface area contributed by atoms with Crippen molar-refractivity contribution in [2.24, 2.45) is 0 Å². The lowest BCUT2D eigenvalue weighted by atomic mass is 10.3. The van der Waals surface area contributed by atoms with Crippen molar-refractivity contribution in [2.75, 3.05) is 30.7 Å². The molecule has 1 fully saturated rings. The van der Waals surface area contributed by atoms with Gasteiger partial charge in [0.1, 0.15) is 10.4 Å². The van der Waals surface area contributed by atoms with Crippen molar-refractivity contribution < 1.29 is 4.79 Å². The molecule has 2 heterocycles. The summed E-state index contributed by atoms with van der Waals surface area (Å²) < 4.78 is 0.628. The number of nitrogens with zero attached hydrogens (tertiary/aromatic N) is 3. The average Bonchev–Trinajstić information content (AvgIpc) is 2.80. The van der Waals surface area contributed by atoms with Crippen molar-refractivity contribution in [2.45, 2.75) is 19.3 Å². The normalized spacial score (nSPS) is 14.8. The number of carbonyl (C=O) groups excluding carboxylic acids is 1. The van der Waals surface area contributed by atoms with Gasteiger partial charge in [-0.1, -0.05) is 0 Å². The van der Waals surface area contributed by atoms with Crippen molar-refractivity contribution in [3.63, 3.8) is 0 Å². The van der Waals surface area contributed by atoms with Crippen LogP contribution in [0.2, 0.25) is 0 Å². The highest BCUT2D eigenvalue weighted by atomic mass is 79.9. The van der Waals surface area contributed by atoms with Gasteiger partial charge in [-0.2, -0.15) is 4.98 Å². The number of aromatic nitrogens is 2. The number of amides is 1. The van der Waals surface area contributed by atoms with E-state index in [0.29, 0.717) is 29.3 Å². The van der Waals surface area contributed by atoms with Crippen LogP contribution in [0.25, 0.3) is 0 Å². The highest BCUT2D eigenvalue weighted by molar-refractivity contribution is 9.10. The van der Waals surface area contributed by atoms with Gasteiger partial charge in [0.05, 0.1) is 0 Å². The molecule has 1 aliphatic rings. The average molecular weight is 314 g/mol. The highest BCUT2D eigenvalue weighted by Gasteiger charge is 2.17. The van der Waals surface area contributed by atoms with Crippen molar-refractivity contribution in [3.05, 3.63) is 10.7 Å². The van der Waals surface area contributed by atoms with Crippen LogP contribution in [-0.4, -0.2) is 40.4 Å². The lowest BCUT2D eigenvalue weighted by Gasteiger charge is -2.15. The smallest absolute Gasteiger partial charge is 0.225 e.